The van der Waals surface area contributed by atoms with E-state index < -0.39 is 118 Å². The van der Waals surface area contributed by atoms with E-state index in [2.05, 4.69) is 0 Å². The minimum absolute atomic E-state index is 0.662. The number of aliphatic hydroxyl groups is 10. The summed E-state index contributed by atoms with van der Waals surface area (Å²) in [6.07, 6.45) is -20.7. The largest absolute Gasteiger partial charge is 0.457 e. The Balaban J connectivity index is 1.59. The second-order valence-electron chi connectivity index (χ2n) is 10.6. The van der Waals surface area contributed by atoms with Crippen LogP contribution in [0.4, 0.5) is 0 Å². The topological polar surface area (TPSA) is 275 Å². The molecule has 17 heteroatoms. The van der Waals surface area contributed by atoms with Crippen LogP contribution in [0.1, 0.15) is 5.56 Å². The van der Waals surface area contributed by atoms with Gasteiger partial charge in [-0.25, -0.2) is 4.79 Å². The van der Waals surface area contributed by atoms with Gasteiger partial charge in [-0.2, -0.15) is 0 Å². The van der Waals surface area contributed by atoms with Gasteiger partial charge in [0.1, 0.15) is 73.8 Å². The van der Waals surface area contributed by atoms with E-state index in [-0.39, 0.29) is 0 Å². The molecule has 0 bridgehead atoms. The van der Waals surface area contributed by atoms with Gasteiger partial charge in [0.2, 0.25) is 5.79 Å². The van der Waals surface area contributed by atoms with E-state index in [0.29, 0.717) is 5.56 Å². The highest BCUT2D eigenvalue weighted by molar-refractivity contribution is 5.87. The predicted molar refractivity (Wildman–Crippen MR) is 141 cm³/mol. The summed E-state index contributed by atoms with van der Waals surface area (Å²) in [6, 6.07) is 8.69. The summed E-state index contributed by atoms with van der Waals surface area (Å²) in [5.74, 6) is -3.43. The second kappa shape index (κ2) is 14.9. The van der Waals surface area contributed by atoms with E-state index in [1.165, 1.54) is 6.08 Å². The Morgan fingerprint density at radius 2 is 1.34 bits per heavy atom. The smallest absolute Gasteiger partial charge is 0.330 e. The molecule has 17 nitrogen and oxygen atoms in total. The zero-order valence-electron chi connectivity index (χ0n) is 23.2. The summed E-state index contributed by atoms with van der Waals surface area (Å²) in [7, 11) is 0. The third kappa shape index (κ3) is 7.28. The first-order valence-electron chi connectivity index (χ1n) is 13.8. The van der Waals surface area contributed by atoms with Crippen molar-refractivity contribution in [3.8, 4) is 0 Å². The quantitative estimate of drug-likeness (QED) is 0.0804. The molecular formula is C27H38O17. The number of benzene rings is 1. The molecule has 0 spiro atoms. The van der Waals surface area contributed by atoms with Crippen molar-refractivity contribution in [2.75, 3.05) is 26.4 Å². The van der Waals surface area contributed by atoms with Crippen LogP contribution in [0.2, 0.25) is 0 Å². The Morgan fingerprint density at radius 1 is 0.750 bits per heavy atom. The number of esters is 1. The maximum absolute atomic E-state index is 12.5. The molecule has 14 atom stereocenters. The first-order valence-corrected chi connectivity index (χ1v) is 13.8. The molecule has 0 saturated carbocycles. The summed E-state index contributed by atoms with van der Waals surface area (Å²) in [6.45, 7) is -3.41. The summed E-state index contributed by atoms with van der Waals surface area (Å²) in [4.78, 5) is 12.5. The minimum Gasteiger partial charge on any atom is -0.457 e. The standard InChI is InChI=1S/C27H38O17/c28-8-13-17(32)20(35)22(37)25(40-13)42-23-21(36)18(33)14(9-29)41-26(23)44-27(24(38)19(34)15(10-30)43-27)11-39-16(31)7-6-12-4-2-1-3-5-12/h1-7,13-15,17-26,28-30,32-38H,8-11H2/t13-,14+,15+,17+,18+,19+,20+,21-,22-,23+,24-,25+,26?,27+/m0/s1. The third-order valence-electron chi connectivity index (χ3n) is 7.59. The van der Waals surface area contributed by atoms with Crippen LogP contribution in [-0.2, 0) is 33.2 Å². The molecule has 0 aliphatic carbocycles. The van der Waals surface area contributed by atoms with Crippen molar-refractivity contribution in [2.24, 2.45) is 0 Å². The molecule has 10 N–H and O–H groups in total. The summed E-state index contributed by atoms with van der Waals surface area (Å²) >= 11 is 0. The van der Waals surface area contributed by atoms with Crippen LogP contribution in [0, 0.1) is 0 Å². The Morgan fingerprint density at radius 3 is 1.93 bits per heavy atom. The third-order valence-corrected chi connectivity index (χ3v) is 7.59. The maximum Gasteiger partial charge on any atom is 0.330 e. The molecule has 248 valence electrons. The van der Waals surface area contributed by atoms with E-state index in [4.69, 9.17) is 28.4 Å². The molecule has 4 rings (SSSR count). The van der Waals surface area contributed by atoms with Gasteiger partial charge in [0.25, 0.3) is 0 Å². The minimum atomic E-state index is -2.49. The molecule has 0 radical (unpaired) electrons. The fourth-order valence-corrected chi connectivity index (χ4v) is 5.03. The van der Waals surface area contributed by atoms with Crippen LogP contribution in [-0.4, -0.2) is 169 Å². The molecule has 3 heterocycles. The van der Waals surface area contributed by atoms with E-state index in [0.717, 1.165) is 6.08 Å². The van der Waals surface area contributed by atoms with Crippen LogP contribution in [0.3, 0.4) is 0 Å². The Hall–Kier alpha value is -2.17. The van der Waals surface area contributed by atoms with Crippen LogP contribution < -0.4 is 0 Å². The number of aliphatic hydroxyl groups excluding tert-OH is 10. The number of ether oxygens (including phenoxy) is 6. The molecule has 3 aliphatic rings. The fraction of sp³-hybridized carbons (Fsp3) is 0.667. The first-order chi connectivity index (χ1) is 21.0. The van der Waals surface area contributed by atoms with Crippen LogP contribution in [0.15, 0.2) is 36.4 Å². The zero-order chi connectivity index (χ0) is 32.2. The van der Waals surface area contributed by atoms with Gasteiger partial charge in [-0.15, -0.1) is 0 Å². The zero-order valence-corrected chi connectivity index (χ0v) is 23.2. The number of rotatable bonds is 11. The monoisotopic (exact) mass is 634 g/mol. The van der Waals surface area contributed by atoms with Crippen molar-refractivity contribution in [2.45, 2.75) is 85.5 Å². The Kier molecular flexibility index (Phi) is 11.8. The molecule has 3 saturated heterocycles. The van der Waals surface area contributed by atoms with Crippen molar-refractivity contribution in [1.82, 2.24) is 0 Å². The van der Waals surface area contributed by atoms with Crippen LogP contribution in [0.25, 0.3) is 6.08 Å². The highest BCUT2D eigenvalue weighted by Gasteiger charge is 2.60. The van der Waals surface area contributed by atoms with Gasteiger partial charge < -0.3 is 79.5 Å². The predicted octanol–water partition coefficient (Wildman–Crippen LogP) is -5.31. The van der Waals surface area contributed by atoms with Gasteiger partial charge in [0.15, 0.2) is 12.6 Å². The van der Waals surface area contributed by atoms with Gasteiger partial charge in [-0.1, -0.05) is 30.3 Å². The van der Waals surface area contributed by atoms with Gasteiger partial charge in [0, 0.05) is 6.08 Å². The summed E-state index contributed by atoms with van der Waals surface area (Å²) < 4.78 is 33.1. The lowest BCUT2D eigenvalue weighted by Crippen LogP contribution is -2.66. The fourth-order valence-electron chi connectivity index (χ4n) is 5.03. The lowest BCUT2D eigenvalue weighted by atomic mass is 9.97. The van der Waals surface area contributed by atoms with Crippen molar-refractivity contribution in [3.63, 3.8) is 0 Å². The average Bonchev–Trinajstić information content (AvgIpc) is 3.27. The Bertz CT molecular complexity index is 1090. The molecule has 3 aliphatic heterocycles. The van der Waals surface area contributed by atoms with Crippen molar-refractivity contribution in [3.05, 3.63) is 42.0 Å². The second-order valence-corrected chi connectivity index (χ2v) is 10.6. The number of hydrogen-bond acceptors (Lipinski definition) is 17. The van der Waals surface area contributed by atoms with E-state index >= 15 is 0 Å². The van der Waals surface area contributed by atoms with Gasteiger partial charge in [-0.3, -0.25) is 0 Å². The number of carbonyl (C=O) groups excluding carboxylic acids is 1. The van der Waals surface area contributed by atoms with Crippen molar-refractivity contribution < 1.29 is 84.3 Å². The van der Waals surface area contributed by atoms with Crippen molar-refractivity contribution >= 4 is 12.0 Å². The molecule has 1 aromatic carbocycles. The molecule has 44 heavy (non-hydrogen) atoms. The van der Waals surface area contributed by atoms with E-state index in [1.54, 1.807) is 30.3 Å². The lowest BCUT2D eigenvalue weighted by molar-refractivity contribution is -0.408. The van der Waals surface area contributed by atoms with Gasteiger partial charge in [-0.05, 0) is 11.6 Å². The molecular weight excluding hydrogens is 596 g/mol. The molecule has 3 fully saturated rings. The van der Waals surface area contributed by atoms with Crippen molar-refractivity contribution in [1.29, 1.82) is 0 Å². The van der Waals surface area contributed by atoms with Gasteiger partial charge >= 0.3 is 5.97 Å². The van der Waals surface area contributed by atoms with Crippen LogP contribution in [0.5, 0.6) is 0 Å². The molecule has 1 aromatic rings. The van der Waals surface area contributed by atoms with E-state index in [9.17, 15) is 55.9 Å². The SMILES string of the molecule is O=C(C=Cc1ccccc1)OC[C@]1(OC2O[C@H](CO)[C@@H](O)[C@H](O)[C@H]2O[C@H]2O[C@@H](CO)[C@@H](O)[C@@H](O)[C@@H]2O)O[C@H](CO)[C@@H](O)[C@@H]1O. The summed E-state index contributed by atoms with van der Waals surface area (Å²) in [5.41, 5.74) is 0.662. The highest BCUT2D eigenvalue weighted by atomic mass is 16.8. The highest BCUT2D eigenvalue weighted by Crippen LogP contribution is 2.38. The van der Waals surface area contributed by atoms with Crippen LogP contribution >= 0.6 is 0 Å². The number of hydrogen-bond donors (Lipinski definition) is 10. The normalized spacial score (nSPS) is 42.9. The lowest BCUT2D eigenvalue weighted by Gasteiger charge is -2.47. The maximum atomic E-state index is 12.5. The summed E-state index contributed by atoms with van der Waals surface area (Å²) in [5, 5.41) is 102. The number of carbonyl (C=O) groups is 1. The first kappa shape index (κ1) is 34.7. The van der Waals surface area contributed by atoms with Gasteiger partial charge in [0.05, 0.1) is 19.8 Å². The molecule has 0 amide bonds. The Labute approximate surface area is 250 Å². The molecule has 0 aromatic heterocycles. The molecule has 1 unspecified atom stereocenters. The average molecular weight is 635 g/mol. The van der Waals surface area contributed by atoms with E-state index in [1.807, 2.05) is 0 Å².